The van der Waals surface area contributed by atoms with Crippen molar-refractivity contribution in [1.82, 2.24) is 4.90 Å². The van der Waals surface area contributed by atoms with E-state index < -0.39 is 10.0 Å². The lowest BCUT2D eigenvalue weighted by Gasteiger charge is -2.31. The van der Waals surface area contributed by atoms with Gasteiger partial charge in [-0.3, -0.25) is 0 Å². The highest BCUT2D eigenvalue weighted by molar-refractivity contribution is 7.89. The number of benzene rings is 1. The van der Waals surface area contributed by atoms with Gasteiger partial charge in [-0.1, -0.05) is 30.3 Å². The maximum absolute atomic E-state index is 12.0. The Bertz CT molecular complexity index is 581. The van der Waals surface area contributed by atoms with Gasteiger partial charge in [0, 0.05) is 13.1 Å². The highest BCUT2D eigenvalue weighted by atomic mass is 32.2. The van der Waals surface area contributed by atoms with E-state index in [-0.39, 0.29) is 18.5 Å². The minimum absolute atomic E-state index is 0.0100. The van der Waals surface area contributed by atoms with Crippen LogP contribution in [0, 0.1) is 5.92 Å². The van der Waals surface area contributed by atoms with Crippen molar-refractivity contribution in [3.63, 3.8) is 0 Å². The Morgan fingerprint density at radius 3 is 2.45 bits per heavy atom. The summed E-state index contributed by atoms with van der Waals surface area (Å²) in [5.41, 5.74) is 0.957. The van der Waals surface area contributed by atoms with Crippen LogP contribution in [-0.4, -0.2) is 38.3 Å². The van der Waals surface area contributed by atoms with Crippen LogP contribution in [0.3, 0.4) is 0 Å². The number of hydrogen-bond acceptors (Lipinski definition) is 4. The van der Waals surface area contributed by atoms with Gasteiger partial charge in [0.05, 0.1) is 5.75 Å². The van der Waals surface area contributed by atoms with Gasteiger partial charge in [0.25, 0.3) is 0 Å². The molecule has 1 heterocycles. The average molecular weight is 326 g/mol. The van der Waals surface area contributed by atoms with Crippen LogP contribution in [0.1, 0.15) is 24.8 Å². The lowest BCUT2D eigenvalue weighted by atomic mass is 9.95. The van der Waals surface area contributed by atoms with Gasteiger partial charge in [-0.15, -0.1) is 0 Å². The van der Waals surface area contributed by atoms with Crippen molar-refractivity contribution < 1.29 is 17.9 Å². The molecule has 0 radical (unpaired) electrons. The Balaban J connectivity index is 1.71. The minimum atomic E-state index is -3.40. The zero-order valence-corrected chi connectivity index (χ0v) is 13.3. The average Bonchev–Trinajstić information content (AvgIpc) is 2.51. The third kappa shape index (κ3) is 5.65. The molecule has 1 saturated heterocycles. The first-order valence-electron chi connectivity index (χ1n) is 7.40. The van der Waals surface area contributed by atoms with E-state index in [9.17, 15) is 13.2 Å². The molecule has 122 valence electrons. The number of piperidine rings is 1. The Morgan fingerprint density at radius 2 is 1.86 bits per heavy atom. The van der Waals surface area contributed by atoms with Crippen LogP contribution in [0.2, 0.25) is 0 Å². The molecule has 1 aliphatic heterocycles. The van der Waals surface area contributed by atoms with E-state index >= 15 is 0 Å². The first-order valence-corrected chi connectivity index (χ1v) is 9.12. The molecule has 2 N–H and O–H groups in total. The number of carbonyl (C=O) groups is 1. The molecule has 1 aliphatic rings. The first-order chi connectivity index (χ1) is 10.4. The maximum Gasteiger partial charge on any atom is 0.410 e. The van der Waals surface area contributed by atoms with E-state index in [2.05, 4.69) is 0 Å². The molecule has 0 unspecified atom stereocenters. The van der Waals surface area contributed by atoms with E-state index in [0.29, 0.717) is 25.4 Å². The number of primary sulfonamides is 1. The SMILES string of the molecule is NS(=O)(=O)CCC1CCN(C(=O)OCc2ccccc2)CC1. The van der Waals surface area contributed by atoms with Crippen molar-refractivity contribution in [1.29, 1.82) is 0 Å². The fourth-order valence-electron chi connectivity index (χ4n) is 2.55. The third-order valence-corrected chi connectivity index (χ3v) is 4.69. The Labute approximate surface area is 131 Å². The predicted molar refractivity (Wildman–Crippen MR) is 83.5 cm³/mol. The largest absolute Gasteiger partial charge is 0.445 e. The molecular weight excluding hydrogens is 304 g/mol. The molecule has 0 spiro atoms. The van der Waals surface area contributed by atoms with Crippen LogP contribution < -0.4 is 5.14 Å². The van der Waals surface area contributed by atoms with E-state index in [1.165, 1.54) is 0 Å². The van der Waals surface area contributed by atoms with Gasteiger partial charge >= 0.3 is 6.09 Å². The second-order valence-electron chi connectivity index (χ2n) is 5.63. The number of carbonyl (C=O) groups excluding carboxylic acids is 1. The number of nitrogens with zero attached hydrogens (tertiary/aromatic N) is 1. The molecular formula is C15H22N2O4S. The van der Waals surface area contributed by atoms with Gasteiger partial charge in [-0.05, 0) is 30.7 Å². The lowest BCUT2D eigenvalue weighted by molar-refractivity contribution is 0.0820. The normalized spacial score (nSPS) is 16.5. The summed E-state index contributed by atoms with van der Waals surface area (Å²) in [5, 5.41) is 5.01. The van der Waals surface area contributed by atoms with E-state index in [1.807, 2.05) is 30.3 Å². The highest BCUT2D eigenvalue weighted by Crippen LogP contribution is 2.21. The molecule has 1 amide bonds. The number of rotatable bonds is 5. The van der Waals surface area contributed by atoms with Crippen molar-refractivity contribution in [3.05, 3.63) is 35.9 Å². The number of sulfonamides is 1. The molecule has 1 fully saturated rings. The number of ether oxygens (including phenoxy) is 1. The van der Waals surface area contributed by atoms with E-state index in [4.69, 9.17) is 9.88 Å². The molecule has 0 saturated carbocycles. The summed E-state index contributed by atoms with van der Waals surface area (Å²) in [6.07, 6.45) is 1.83. The predicted octanol–water partition coefficient (Wildman–Crippen LogP) is 1.71. The second-order valence-corrected chi connectivity index (χ2v) is 7.36. The summed E-state index contributed by atoms with van der Waals surface area (Å²) in [4.78, 5) is 13.7. The van der Waals surface area contributed by atoms with Crippen LogP contribution in [0.4, 0.5) is 4.79 Å². The fraction of sp³-hybridized carbons (Fsp3) is 0.533. The summed E-state index contributed by atoms with van der Waals surface area (Å²) in [7, 11) is -3.40. The molecule has 0 aliphatic carbocycles. The van der Waals surface area contributed by atoms with Gasteiger partial charge < -0.3 is 9.64 Å². The number of hydrogen-bond donors (Lipinski definition) is 1. The Morgan fingerprint density at radius 1 is 1.23 bits per heavy atom. The van der Waals surface area contributed by atoms with E-state index in [1.54, 1.807) is 4.90 Å². The quantitative estimate of drug-likeness (QED) is 0.892. The Kier molecular flexibility index (Phi) is 5.79. The van der Waals surface area contributed by atoms with Crippen LogP contribution in [0.5, 0.6) is 0 Å². The molecule has 0 bridgehead atoms. The first kappa shape index (κ1) is 16.8. The molecule has 7 heteroatoms. The smallest absolute Gasteiger partial charge is 0.410 e. The summed E-state index contributed by atoms with van der Waals surface area (Å²) in [6.45, 7) is 1.47. The van der Waals surface area contributed by atoms with Crippen LogP contribution in [0.15, 0.2) is 30.3 Å². The van der Waals surface area contributed by atoms with Gasteiger partial charge in [0.2, 0.25) is 10.0 Å². The van der Waals surface area contributed by atoms with E-state index in [0.717, 1.165) is 18.4 Å². The number of likely N-dealkylation sites (tertiary alicyclic amines) is 1. The van der Waals surface area contributed by atoms with Crippen molar-refractivity contribution in [2.45, 2.75) is 25.9 Å². The molecule has 0 atom stereocenters. The summed E-state index contributed by atoms with van der Waals surface area (Å²) in [6, 6.07) is 9.54. The van der Waals surface area contributed by atoms with Crippen LogP contribution >= 0.6 is 0 Å². The molecule has 22 heavy (non-hydrogen) atoms. The summed E-state index contributed by atoms with van der Waals surface area (Å²) in [5.74, 6) is 0.312. The van der Waals surface area contributed by atoms with Crippen LogP contribution in [-0.2, 0) is 21.4 Å². The molecule has 0 aromatic heterocycles. The molecule has 1 aromatic rings. The van der Waals surface area contributed by atoms with Crippen LogP contribution in [0.25, 0.3) is 0 Å². The number of nitrogens with two attached hydrogens (primary N) is 1. The maximum atomic E-state index is 12.0. The molecule has 2 rings (SSSR count). The summed E-state index contributed by atoms with van der Waals surface area (Å²) >= 11 is 0. The van der Waals surface area contributed by atoms with Gasteiger partial charge in [-0.2, -0.15) is 0 Å². The van der Waals surface area contributed by atoms with Crippen molar-refractivity contribution in [2.75, 3.05) is 18.8 Å². The van der Waals surface area contributed by atoms with Crippen molar-refractivity contribution in [2.24, 2.45) is 11.1 Å². The summed E-state index contributed by atoms with van der Waals surface area (Å²) < 4.78 is 27.2. The molecule has 1 aromatic carbocycles. The van der Waals surface area contributed by atoms with Crippen molar-refractivity contribution >= 4 is 16.1 Å². The molecule has 6 nitrogen and oxygen atoms in total. The second kappa shape index (κ2) is 7.60. The van der Waals surface area contributed by atoms with Gasteiger partial charge in [0.1, 0.15) is 6.61 Å². The zero-order chi connectivity index (χ0) is 16.0. The number of amides is 1. The van der Waals surface area contributed by atoms with Gasteiger partial charge in [-0.25, -0.2) is 18.4 Å². The lowest BCUT2D eigenvalue weighted by Crippen LogP contribution is -2.39. The fourth-order valence-corrected chi connectivity index (χ4v) is 3.21. The van der Waals surface area contributed by atoms with Gasteiger partial charge in [0.15, 0.2) is 0 Å². The zero-order valence-electron chi connectivity index (χ0n) is 12.5. The van der Waals surface area contributed by atoms with Crippen molar-refractivity contribution in [3.8, 4) is 0 Å². The topological polar surface area (TPSA) is 89.7 Å². The minimum Gasteiger partial charge on any atom is -0.445 e. The Hall–Kier alpha value is -1.60. The monoisotopic (exact) mass is 326 g/mol. The third-order valence-electron chi connectivity index (χ3n) is 3.89. The standard InChI is InChI=1S/C15H22N2O4S/c16-22(19,20)11-8-13-6-9-17(10-7-13)15(18)21-12-14-4-2-1-3-5-14/h1-5,13H,6-12H2,(H2,16,19,20). The highest BCUT2D eigenvalue weighted by Gasteiger charge is 2.24.